The number of likely N-dealkylation sites (tertiary alicyclic amines) is 1. The molecule has 3 aliphatic rings. The van der Waals surface area contributed by atoms with Crippen molar-refractivity contribution in [1.29, 1.82) is 0 Å². The summed E-state index contributed by atoms with van der Waals surface area (Å²) in [6.07, 6.45) is 7.19. The molecule has 172 valence electrons. The van der Waals surface area contributed by atoms with Gasteiger partial charge in [-0.1, -0.05) is 48.4 Å². The third-order valence-corrected chi connectivity index (χ3v) is 10.2. The zero-order valence-corrected chi connectivity index (χ0v) is 20.2. The van der Waals surface area contributed by atoms with E-state index in [1.165, 1.54) is 41.8 Å². The van der Waals surface area contributed by atoms with E-state index in [4.69, 9.17) is 16.7 Å². The van der Waals surface area contributed by atoms with Crippen LogP contribution in [0.1, 0.15) is 60.3 Å². The van der Waals surface area contributed by atoms with E-state index in [-0.39, 0.29) is 0 Å². The van der Waals surface area contributed by atoms with Gasteiger partial charge >= 0.3 is 0 Å². The molecule has 1 saturated heterocycles. The van der Waals surface area contributed by atoms with Crippen molar-refractivity contribution in [2.75, 3.05) is 19.6 Å². The highest BCUT2D eigenvalue weighted by molar-refractivity contribution is 7.90. The molecule has 0 aromatic heterocycles. The minimum absolute atomic E-state index is 0.472. The minimum atomic E-state index is -3.50. The number of nitrogens with two attached hydrogens (primary N) is 1. The van der Waals surface area contributed by atoms with Crippen LogP contribution in [-0.4, -0.2) is 37.7 Å². The van der Waals surface area contributed by atoms with Crippen LogP contribution < -0.4 is 5.14 Å². The second-order valence-corrected chi connectivity index (χ2v) is 12.6. The molecule has 5 rings (SSSR count). The van der Waals surface area contributed by atoms with Crippen LogP contribution in [-0.2, 0) is 29.3 Å². The molecule has 0 spiro atoms. The normalized spacial score (nSPS) is 24.6. The summed E-state index contributed by atoms with van der Waals surface area (Å²) in [4.78, 5) is 2.58. The lowest BCUT2D eigenvalue weighted by molar-refractivity contribution is 0.145. The Bertz CT molecular complexity index is 1090. The van der Waals surface area contributed by atoms with Gasteiger partial charge in [-0.3, -0.25) is 0 Å². The molecule has 1 heterocycles. The standard InChI is InChI=1S/C26H33ClN2O2S/c27-23-5-1-4-20(14-23)16-25-22(18-29-12-3-13-29)17-21-7-6-19(15-24(21)25)8-11-26(9-2-10-26)32(28,30)31/h1,4-7,14-15,22,25H,2-3,8-13,16-18H2,(H2,28,30,31). The minimum Gasteiger partial charge on any atom is -0.303 e. The molecular formula is C26H33ClN2O2S. The van der Waals surface area contributed by atoms with Gasteiger partial charge in [0.25, 0.3) is 0 Å². The van der Waals surface area contributed by atoms with E-state index in [2.05, 4.69) is 35.2 Å². The number of halogens is 1. The van der Waals surface area contributed by atoms with Crippen molar-refractivity contribution in [1.82, 2.24) is 4.90 Å². The van der Waals surface area contributed by atoms with Gasteiger partial charge in [-0.2, -0.15) is 0 Å². The molecule has 0 radical (unpaired) electrons. The maximum Gasteiger partial charge on any atom is 0.214 e. The van der Waals surface area contributed by atoms with Gasteiger partial charge in [-0.25, -0.2) is 13.6 Å². The molecule has 2 aromatic rings. The first-order valence-electron chi connectivity index (χ1n) is 11.9. The van der Waals surface area contributed by atoms with E-state index < -0.39 is 14.8 Å². The lowest BCUT2D eigenvalue weighted by Crippen LogP contribution is -2.49. The number of benzene rings is 2. The fraction of sp³-hybridized carbons (Fsp3) is 0.538. The number of aryl methyl sites for hydroxylation is 1. The average Bonchev–Trinajstić information content (AvgIpc) is 2.99. The molecule has 32 heavy (non-hydrogen) atoms. The summed E-state index contributed by atoms with van der Waals surface area (Å²) in [6, 6.07) is 15.1. The summed E-state index contributed by atoms with van der Waals surface area (Å²) in [5.74, 6) is 1.09. The van der Waals surface area contributed by atoms with E-state index in [1.54, 1.807) is 0 Å². The predicted octanol–water partition coefficient (Wildman–Crippen LogP) is 4.69. The van der Waals surface area contributed by atoms with Crippen LogP contribution in [0.25, 0.3) is 0 Å². The van der Waals surface area contributed by atoms with Gasteiger partial charge in [0, 0.05) is 11.6 Å². The molecule has 0 bridgehead atoms. The third-order valence-electron chi connectivity index (χ3n) is 8.18. The molecule has 6 heteroatoms. The lowest BCUT2D eigenvalue weighted by Gasteiger charge is -2.39. The van der Waals surface area contributed by atoms with Gasteiger partial charge in [-0.15, -0.1) is 0 Å². The SMILES string of the molecule is NS(=O)(=O)C1(CCc2ccc3c(c2)C(Cc2cccc(Cl)c2)C(CN2CCC2)C3)CCC1. The van der Waals surface area contributed by atoms with Crippen LogP contribution in [0.15, 0.2) is 42.5 Å². The number of nitrogens with zero attached hydrogens (tertiary/aromatic N) is 1. The maximum absolute atomic E-state index is 12.2. The van der Waals surface area contributed by atoms with Crippen LogP contribution in [0.3, 0.4) is 0 Å². The van der Waals surface area contributed by atoms with Gasteiger partial charge in [0.2, 0.25) is 10.0 Å². The monoisotopic (exact) mass is 472 g/mol. The molecule has 2 unspecified atom stereocenters. The Morgan fingerprint density at radius 1 is 1.06 bits per heavy atom. The molecule has 2 aliphatic carbocycles. The molecule has 2 aromatic carbocycles. The smallest absolute Gasteiger partial charge is 0.214 e. The third kappa shape index (κ3) is 4.37. The Morgan fingerprint density at radius 2 is 1.88 bits per heavy atom. The highest BCUT2D eigenvalue weighted by atomic mass is 35.5. The summed E-state index contributed by atoms with van der Waals surface area (Å²) in [5, 5.41) is 6.38. The van der Waals surface area contributed by atoms with E-state index in [0.717, 1.165) is 37.3 Å². The summed E-state index contributed by atoms with van der Waals surface area (Å²) in [7, 11) is -3.50. The highest BCUT2D eigenvalue weighted by Gasteiger charge is 2.46. The van der Waals surface area contributed by atoms with Crippen LogP contribution in [0.5, 0.6) is 0 Å². The van der Waals surface area contributed by atoms with Crippen molar-refractivity contribution in [2.24, 2.45) is 11.1 Å². The first kappa shape index (κ1) is 22.4. The summed E-state index contributed by atoms with van der Waals surface area (Å²) in [6.45, 7) is 3.60. The largest absolute Gasteiger partial charge is 0.303 e. The summed E-state index contributed by atoms with van der Waals surface area (Å²) < 4.78 is 23.6. The highest BCUT2D eigenvalue weighted by Crippen LogP contribution is 2.44. The Labute approximate surface area is 197 Å². The molecule has 2 fully saturated rings. The summed E-state index contributed by atoms with van der Waals surface area (Å²) >= 11 is 6.28. The number of hydrogen-bond donors (Lipinski definition) is 1. The Kier molecular flexibility index (Phi) is 6.12. The number of fused-ring (bicyclic) bond motifs is 1. The molecule has 2 atom stereocenters. The van der Waals surface area contributed by atoms with Gasteiger partial charge < -0.3 is 4.90 Å². The van der Waals surface area contributed by atoms with Gasteiger partial charge in [0.05, 0.1) is 4.75 Å². The van der Waals surface area contributed by atoms with Gasteiger partial charge in [0.15, 0.2) is 0 Å². The van der Waals surface area contributed by atoms with Crippen molar-refractivity contribution in [2.45, 2.75) is 62.0 Å². The van der Waals surface area contributed by atoms with Crippen molar-refractivity contribution >= 4 is 21.6 Å². The van der Waals surface area contributed by atoms with E-state index in [1.807, 2.05) is 12.1 Å². The predicted molar refractivity (Wildman–Crippen MR) is 131 cm³/mol. The van der Waals surface area contributed by atoms with Crippen LogP contribution in [0.4, 0.5) is 0 Å². The zero-order valence-electron chi connectivity index (χ0n) is 18.6. The Hall–Kier alpha value is -1.40. The fourth-order valence-corrected chi connectivity index (χ4v) is 7.37. The Balaban J connectivity index is 1.38. The molecule has 0 amide bonds. The lowest BCUT2D eigenvalue weighted by atomic mass is 9.79. The van der Waals surface area contributed by atoms with Gasteiger partial charge in [-0.05, 0) is 104 Å². The second kappa shape index (κ2) is 8.75. The first-order chi connectivity index (χ1) is 15.3. The van der Waals surface area contributed by atoms with Crippen molar-refractivity contribution in [3.63, 3.8) is 0 Å². The number of sulfonamides is 1. The average molecular weight is 473 g/mol. The van der Waals surface area contributed by atoms with Crippen molar-refractivity contribution in [3.8, 4) is 0 Å². The molecule has 2 N–H and O–H groups in total. The topological polar surface area (TPSA) is 63.4 Å². The Morgan fingerprint density at radius 3 is 2.50 bits per heavy atom. The molecule has 1 saturated carbocycles. The van der Waals surface area contributed by atoms with Crippen LogP contribution in [0.2, 0.25) is 5.02 Å². The van der Waals surface area contributed by atoms with E-state index in [0.29, 0.717) is 31.1 Å². The van der Waals surface area contributed by atoms with Crippen LogP contribution >= 0.6 is 11.6 Å². The number of hydrogen-bond acceptors (Lipinski definition) is 3. The summed E-state index contributed by atoms with van der Waals surface area (Å²) in [5.41, 5.74) is 5.43. The van der Waals surface area contributed by atoms with E-state index in [9.17, 15) is 8.42 Å². The van der Waals surface area contributed by atoms with Gasteiger partial charge in [0.1, 0.15) is 0 Å². The fourth-order valence-electron chi connectivity index (χ4n) is 5.91. The second-order valence-electron chi connectivity index (χ2n) is 10.2. The zero-order chi connectivity index (χ0) is 22.3. The molecule has 4 nitrogen and oxygen atoms in total. The quantitative estimate of drug-likeness (QED) is 0.606. The first-order valence-corrected chi connectivity index (χ1v) is 13.9. The number of primary sulfonamides is 1. The molecular weight excluding hydrogens is 440 g/mol. The van der Waals surface area contributed by atoms with Crippen molar-refractivity contribution in [3.05, 3.63) is 69.7 Å². The maximum atomic E-state index is 12.2. The van der Waals surface area contributed by atoms with Crippen LogP contribution in [0, 0.1) is 5.92 Å². The van der Waals surface area contributed by atoms with Crippen molar-refractivity contribution < 1.29 is 8.42 Å². The number of rotatable bonds is 8. The molecule has 1 aliphatic heterocycles. The van der Waals surface area contributed by atoms with E-state index >= 15 is 0 Å².